The molecule has 0 bridgehead atoms. The summed E-state index contributed by atoms with van der Waals surface area (Å²) in [6.07, 6.45) is 4.64. The van der Waals surface area contributed by atoms with Crippen LogP contribution in [-0.4, -0.2) is 44.7 Å². The number of ketones is 1. The fourth-order valence-corrected chi connectivity index (χ4v) is 4.12. The van der Waals surface area contributed by atoms with Gasteiger partial charge in [0.1, 0.15) is 9.71 Å². The molecule has 3 aromatic rings. The predicted octanol–water partition coefficient (Wildman–Crippen LogP) is 4.70. The van der Waals surface area contributed by atoms with Crippen LogP contribution in [0.15, 0.2) is 30.5 Å². The van der Waals surface area contributed by atoms with Gasteiger partial charge in [0.05, 0.1) is 27.9 Å². The molecule has 7 nitrogen and oxygen atoms in total. The molecule has 0 saturated heterocycles. The lowest BCUT2D eigenvalue weighted by Crippen LogP contribution is -2.00. The number of carbonyl (C=O) groups excluding carboxylic acids is 2. The van der Waals surface area contributed by atoms with Gasteiger partial charge in [0.25, 0.3) is 0 Å². The Bertz CT molecular complexity index is 1140. The minimum absolute atomic E-state index is 0.216. The van der Waals surface area contributed by atoms with Gasteiger partial charge in [-0.3, -0.25) is 4.79 Å². The first kappa shape index (κ1) is 22.3. The van der Waals surface area contributed by atoms with E-state index in [2.05, 4.69) is 4.98 Å². The van der Waals surface area contributed by atoms with Gasteiger partial charge >= 0.3 is 5.97 Å². The molecule has 8 heteroatoms. The van der Waals surface area contributed by atoms with E-state index in [0.29, 0.717) is 39.1 Å². The van der Waals surface area contributed by atoms with Gasteiger partial charge in [-0.2, -0.15) is 0 Å². The second kappa shape index (κ2) is 9.61. The Morgan fingerprint density at radius 2 is 1.77 bits per heavy atom. The van der Waals surface area contributed by atoms with Crippen molar-refractivity contribution in [2.75, 3.05) is 27.9 Å². The van der Waals surface area contributed by atoms with Gasteiger partial charge in [0, 0.05) is 17.1 Å². The maximum Gasteiger partial charge on any atom is 0.348 e. The number of aromatic nitrogens is 1. The summed E-state index contributed by atoms with van der Waals surface area (Å²) in [5.41, 5.74) is 1.89. The molecule has 0 aliphatic heterocycles. The maximum atomic E-state index is 12.7. The first-order chi connectivity index (χ1) is 14.9. The van der Waals surface area contributed by atoms with Crippen LogP contribution in [0, 0.1) is 6.92 Å². The van der Waals surface area contributed by atoms with Crippen LogP contribution in [0.4, 0.5) is 0 Å². The van der Waals surface area contributed by atoms with Crippen molar-refractivity contribution in [1.29, 1.82) is 0 Å². The molecule has 0 fully saturated rings. The molecule has 0 radical (unpaired) electrons. The second-order valence-electron chi connectivity index (χ2n) is 6.51. The largest absolute Gasteiger partial charge is 0.493 e. The van der Waals surface area contributed by atoms with Gasteiger partial charge < -0.3 is 18.9 Å². The molecule has 0 aliphatic carbocycles. The molecular formula is C23H23NO6S. The number of rotatable bonds is 8. The highest BCUT2D eigenvalue weighted by Gasteiger charge is 2.18. The van der Waals surface area contributed by atoms with E-state index in [4.69, 9.17) is 18.9 Å². The monoisotopic (exact) mass is 441 g/mol. The molecule has 3 rings (SSSR count). The molecule has 0 spiro atoms. The Morgan fingerprint density at radius 3 is 2.35 bits per heavy atom. The summed E-state index contributed by atoms with van der Waals surface area (Å²) in [6.45, 7) is 4.16. The number of carbonyl (C=O) groups is 2. The van der Waals surface area contributed by atoms with E-state index >= 15 is 0 Å². The third-order valence-corrected chi connectivity index (χ3v) is 5.84. The Morgan fingerprint density at radius 1 is 1.10 bits per heavy atom. The van der Waals surface area contributed by atoms with Crippen molar-refractivity contribution in [1.82, 2.24) is 4.98 Å². The SMILES string of the molecule is CCOc1c(OC)cc(/C=C/C(=O)c2cnc3sc(C(=O)OC)c(C)c3c2)cc1OC. The Balaban J connectivity index is 1.91. The quantitative estimate of drug-likeness (QED) is 0.284. The fourth-order valence-electron chi connectivity index (χ4n) is 3.07. The zero-order chi connectivity index (χ0) is 22.5. The second-order valence-corrected chi connectivity index (χ2v) is 7.51. The Labute approximate surface area is 184 Å². The van der Waals surface area contributed by atoms with Gasteiger partial charge in [-0.15, -0.1) is 11.3 Å². The average Bonchev–Trinajstić information content (AvgIpc) is 3.13. The number of ether oxygens (including phenoxy) is 4. The van der Waals surface area contributed by atoms with E-state index in [9.17, 15) is 9.59 Å². The molecule has 0 aliphatic rings. The van der Waals surface area contributed by atoms with Gasteiger partial charge in [-0.25, -0.2) is 9.78 Å². The fraction of sp³-hybridized carbons (Fsp3) is 0.261. The molecule has 0 N–H and O–H groups in total. The standard InChI is InChI=1S/C23H23NO6S/c1-6-30-20-18(27-3)9-14(10-19(20)28-4)7-8-17(25)15-11-16-13(2)21(23(26)29-5)31-22(16)24-12-15/h7-12H,6H2,1-5H3/b8-7+. The summed E-state index contributed by atoms with van der Waals surface area (Å²) < 4.78 is 21.2. The summed E-state index contributed by atoms with van der Waals surface area (Å²) in [5, 5.41) is 0.758. The number of benzene rings is 1. The van der Waals surface area contributed by atoms with E-state index in [1.807, 2.05) is 13.8 Å². The lowest BCUT2D eigenvalue weighted by atomic mass is 10.1. The number of hydrogen-bond acceptors (Lipinski definition) is 8. The van der Waals surface area contributed by atoms with Crippen LogP contribution in [0.25, 0.3) is 16.3 Å². The molecule has 0 unspecified atom stereocenters. The van der Waals surface area contributed by atoms with Crippen LogP contribution >= 0.6 is 11.3 Å². The molecule has 0 amide bonds. The molecule has 162 valence electrons. The highest BCUT2D eigenvalue weighted by atomic mass is 32.1. The topological polar surface area (TPSA) is 84.0 Å². The number of esters is 1. The smallest absolute Gasteiger partial charge is 0.348 e. The maximum absolute atomic E-state index is 12.7. The zero-order valence-corrected chi connectivity index (χ0v) is 18.8. The zero-order valence-electron chi connectivity index (χ0n) is 18.0. The predicted molar refractivity (Wildman–Crippen MR) is 120 cm³/mol. The normalized spacial score (nSPS) is 11.0. The third-order valence-electron chi connectivity index (χ3n) is 4.65. The van der Waals surface area contributed by atoms with E-state index in [1.54, 1.807) is 38.5 Å². The summed E-state index contributed by atoms with van der Waals surface area (Å²) in [4.78, 5) is 30.2. The lowest BCUT2D eigenvalue weighted by molar-refractivity contribution is 0.0605. The van der Waals surface area contributed by atoms with Crippen LogP contribution < -0.4 is 14.2 Å². The summed E-state index contributed by atoms with van der Waals surface area (Å²) in [7, 11) is 4.43. The van der Waals surface area contributed by atoms with Gasteiger partial charge in [-0.05, 0) is 49.2 Å². The van der Waals surface area contributed by atoms with Crippen LogP contribution in [-0.2, 0) is 4.74 Å². The van der Waals surface area contributed by atoms with Crippen LogP contribution in [0.3, 0.4) is 0 Å². The molecule has 0 saturated carbocycles. The molecule has 0 atom stereocenters. The lowest BCUT2D eigenvalue weighted by Gasteiger charge is -2.14. The minimum atomic E-state index is -0.410. The van der Waals surface area contributed by atoms with E-state index in [1.165, 1.54) is 30.7 Å². The van der Waals surface area contributed by atoms with Crippen LogP contribution in [0.2, 0.25) is 0 Å². The highest BCUT2D eigenvalue weighted by Crippen LogP contribution is 2.39. The third kappa shape index (κ3) is 4.54. The number of aryl methyl sites for hydroxylation is 1. The molecule has 2 heterocycles. The molecular weight excluding hydrogens is 418 g/mol. The first-order valence-corrected chi connectivity index (χ1v) is 10.3. The number of methoxy groups -OCH3 is 3. The number of fused-ring (bicyclic) bond motifs is 1. The van der Waals surface area contributed by atoms with Crippen molar-refractivity contribution in [2.45, 2.75) is 13.8 Å². The average molecular weight is 442 g/mol. The number of hydrogen-bond donors (Lipinski definition) is 0. The summed E-state index contributed by atoms with van der Waals surface area (Å²) in [6, 6.07) is 5.28. The molecule has 1 aromatic carbocycles. The summed E-state index contributed by atoms with van der Waals surface area (Å²) in [5.74, 6) is 0.916. The van der Waals surface area contributed by atoms with Gasteiger partial charge in [-0.1, -0.05) is 6.08 Å². The van der Waals surface area contributed by atoms with Crippen molar-refractivity contribution in [3.8, 4) is 17.2 Å². The van der Waals surface area contributed by atoms with E-state index in [-0.39, 0.29) is 5.78 Å². The Hall–Kier alpha value is -3.39. The number of thiophene rings is 1. The molecule has 2 aromatic heterocycles. The Kier molecular flexibility index (Phi) is 6.91. The van der Waals surface area contributed by atoms with Crippen molar-refractivity contribution >= 4 is 39.4 Å². The number of nitrogens with zero attached hydrogens (tertiary/aromatic N) is 1. The van der Waals surface area contributed by atoms with Crippen molar-refractivity contribution < 1.29 is 28.5 Å². The van der Waals surface area contributed by atoms with Crippen molar-refractivity contribution in [2.24, 2.45) is 0 Å². The van der Waals surface area contributed by atoms with Gasteiger partial charge in [0.15, 0.2) is 17.3 Å². The van der Waals surface area contributed by atoms with Crippen LogP contribution in [0.1, 0.15) is 38.1 Å². The highest BCUT2D eigenvalue weighted by molar-refractivity contribution is 7.20. The van der Waals surface area contributed by atoms with Crippen molar-refractivity contribution in [3.05, 3.63) is 52.0 Å². The molecule has 31 heavy (non-hydrogen) atoms. The number of pyridine rings is 1. The van der Waals surface area contributed by atoms with Crippen molar-refractivity contribution in [3.63, 3.8) is 0 Å². The first-order valence-electron chi connectivity index (χ1n) is 9.52. The summed E-state index contributed by atoms with van der Waals surface area (Å²) >= 11 is 1.25. The van der Waals surface area contributed by atoms with Crippen LogP contribution in [0.5, 0.6) is 17.2 Å². The van der Waals surface area contributed by atoms with E-state index in [0.717, 1.165) is 16.5 Å². The van der Waals surface area contributed by atoms with Gasteiger partial charge in [0.2, 0.25) is 5.75 Å². The van der Waals surface area contributed by atoms with E-state index < -0.39 is 5.97 Å². The number of allylic oxidation sites excluding steroid dienone is 1. The minimum Gasteiger partial charge on any atom is -0.493 e.